The summed E-state index contributed by atoms with van der Waals surface area (Å²) >= 11 is 12.7. The van der Waals surface area contributed by atoms with E-state index in [1.54, 1.807) is 52.2 Å². The van der Waals surface area contributed by atoms with Gasteiger partial charge in [-0.05, 0) is 90.6 Å². The van der Waals surface area contributed by atoms with Crippen molar-refractivity contribution < 1.29 is 32.3 Å². The third kappa shape index (κ3) is 8.61. The quantitative estimate of drug-likeness (QED) is 0.175. The third-order valence-corrected chi connectivity index (χ3v) is 11.6. The molecule has 298 valence electrons. The number of halogens is 2. The number of ether oxygens (including phenoxy) is 2. The van der Waals surface area contributed by atoms with Gasteiger partial charge >= 0.3 is 5.97 Å². The molecule has 17 heteroatoms. The number of nitrogens with one attached hydrogen (secondary N) is 1. The molecule has 14 nitrogen and oxygen atoms in total. The summed E-state index contributed by atoms with van der Waals surface area (Å²) < 4.78 is 43.6. The second kappa shape index (κ2) is 15.5. The molecule has 1 fully saturated rings. The first-order chi connectivity index (χ1) is 26.2. The Morgan fingerprint density at radius 2 is 1.61 bits per heavy atom. The molecule has 1 N–H and O–H groups in total. The van der Waals surface area contributed by atoms with Crippen LogP contribution in [0.25, 0.3) is 11.1 Å². The summed E-state index contributed by atoms with van der Waals surface area (Å²) in [7, 11) is -4.51. The summed E-state index contributed by atoms with van der Waals surface area (Å²) in [6.45, 7) is 12.0. The zero-order chi connectivity index (χ0) is 40.8. The minimum absolute atomic E-state index is 0.0134. The van der Waals surface area contributed by atoms with Crippen molar-refractivity contribution in [1.82, 2.24) is 29.1 Å². The first-order valence-corrected chi connectivity index (χ1v) is 20.3. The van der Waals surface area contributed by atoms with E-state index >= 15 is 0 Å². The van der Waals surface area contributed by atoms with E-state index < -0.39 is 56.6 Å². The Bertz CT molecular complexity index is 2220. The van der Waals surface area contributed by atoms with Gasteiger partial charge in [0, 0.05) is 41.0 Å². The van der Waals surface area contributed by atoms with E-state index in [1.807, 2.05) is 45.0 Å². The predicted octanol–water partition coefficient (Wildman–Crippen LogP) is 6.08. The molecule has 56 heavy (non-hydrogen) atoms. The van der Waals surface area contributed by atoms with Crippen LogP contribution in [0.3, 0.4) is 0 Å². The Balaban J connectivity index is 1.36. The average molecular weight is 827 g/mol. The molecule has 3 atom stereocenters. The molecule has 2 aliphatic rings. The summed E-state index contributed by atoms with van der Waals surface area (Å²) in [5, 5.41) is 2.96. The van der Waals surface area contributed by atoms with Crippen LogP contribution in [0, 0.1) is 0 Å². The number of fused-ring (bicyclic) bond motifs is 1. The number of aromatic nitrogens is 4. The first kappa shape index (κ1) is 41.2. The van der Waals surface area contributed by atoms with Crippen molar-refractivity contribution >= 4 is 62.6 Å². The lowest BCUT2D eigenvalue weighted by molar-refractivity contribution is -0.162. The maximum absolute atomic E-state index is 14.8. The van der Waals surface area contributed by atoms with Crippen molar-refractivity contribution in [2.75, 3.05) is 18.1 Å². The molecular formula is C39H45Cl2N7O7S. The van der Waals surface area contributed by atoms with E-state index in [-0.39, 0.29) is 47.0 Å². The van der Waals surface area contributed by atoms with Gasteiger partial charge in [-0.3, -0.25) is 14.2 Å². The van der Waals surface area contributed by atoms with Crippen molar-refractivity contribution in [1.29, 1.82) is 0 Å². The molecule has 0 unspecified atom stereocenters. The predicted molar refractivity (Wildman–Crippen MR) is 211 cm³/mol. The van der Waals surface area contributed by atoms with Crippen molar-refractivity contribution in [3.05, 3.63) is 83.0 Å². The fourth-order valence-corrected chi connectivity index (χ4v) is 9.19. The minimum atomic E-state index is -4.51. The Labute approximate surface area is 336 Å². The van der Waals surface area contributed by atoms with Crippen molar-refractivity contribution in [2.24, 2.45) is 0 Å². The Morgan fingerprint density at radius 1 is 0.964 bits per heavy atom. The molecular weight excluding hydrogens is 781 g/mol. The van der Waals surface area contributed by atoms with Crippen LogP contribution in [-0.4, -0.2) is 86.5 Å². The number of rotatable bonds is 11. The fourth-order valence-electron chi connectivity index (χ4n) is 6.83. The molecule has 0 aliphatic carbocycles. The van der Waals surface area contributed by atoms with E-state index in [9.17, 15) is 22.8 Å². The largest absolute Gasteiger partial charge is 0.458 e. The van der Waals surface area contributed by atoms with E-state index in [2.05, 4.69) is 20.3 Å². The maximum Gasteiger partial charge on any atom is 0.331 e. The molecule has 2 aliphatic heterocycles. The third-order valence-electron chi connectivity index (χ3n) is 9.34. The van der Waals surface area contributed by atoms with Gasteiger partial charge in [0.15, 0.2) is 11.1 Å². The van der Waals surface area contributed by atoms with Gasteiger partial charge in [0.2, 0.25) is 11.9 Å². The lowest BCUT2D eigenvalue weighted by Crippen LogP contribution is -2.54. The highest BCUT2D eigenvalue weighted by Gasteiger charge is 2.53. The normalized spacial score (nSPS) is 19.6. The monoisotopic (exact) mass is 825 g/mol. The molecule has 4 heterocycles. The molecule has 0 bridgehead atoms. The number of anilines is 2. The van der Waals surface area contributed by atoms with Gasteiger partial charge in [-0.15, -0.1) is 0 Å². The number of sulfonamides is 1. The van der Waals surface area contributed by atoms with Gasteiger partial charge in [0.1, 0.15) is 23.5 Å². The molecule has 0 spiro atoms. The van der Waals surface area contributed by atoms with Crippen LogP contribution in [0.5, 0.6) is 0 Å². The SMILES string of the molecule is CC(C)(C)OC[C@H](NC(=O)[C@@H]1CCCN1S(=O)(=O)c1cnc2n1[C@](C)(Cc1ccc(-c3cncnc3)cc1)C(=O)N2c1cc(Cl)cc(Cl)c1)C(=O)OC(C)(C)C. The molecule has 4 aromatic rings. The van der Waals surface area contributed by atoms with Crippen LogP contribution < -0.4 is 10.2 Å². The topological polar surface area (TPSA) is 166 Å². The molecule has 0 radical (unpaired) electrons. The van der Waals surface area contributed by atoms with E-state index in [4.69, 9.17) is 32.7 Å². The van der Waals surface area contributed by atoms with E-state index in [0.717, 1.165) is 21.0 Å². The number of esters is 1. The van der Waals surface area contributed by atoms with Gasteiger partial charge < -0.3 is 14.8 Å². The minimum Gasteiger partial charge on any atom is -0.458 e. The van der Waals surface area contributed by atoms with Gasteiger partial charge in [-0.1, -0.05) is 47.5 Å². The van der Waals surface area contributed by atoms with Crippen molar-refractivity contribution in [2.45, 2.75) is 102 Å². The highest BCUT2D eigenvalue weighted by atomic mass is 35.5. The number of amides is 2. The Morgan fingerprint density at radius 3 is 2.21 bits per heavy atom. The van der Waals surface area contributed by atoms with Crippen LogP contribution in [0.4, 0.5) is 11.6 Å². The van der Waals surface area contributed by atoms with Gasteiger partial charge in [0.05, 0.1) is 24.1 Å². The smallest absolute Gasteiger partial charge is 0.331 e. The number of imidazole rings is 1. The van der Waals surface area contributed by atoms with Gasteiger partial charge in [0.25, 0.3) is 15.9 Å². The fraction of sp³-hybridized carbons (Fsp3) is 0.436. The molecule has 6 rings (SSSR count). The van der Waals surface area contributed by atoms with Crippen LogP contribution in [-0.2, 0) is 45.8 Å². The second-order valence-electron chi connectivity index (χ2n) is 16.1. The number of nitrogens with zero attached hydrogens (tertiary/aromatic N) is 6. The molecule has 0 saturated carbocycles. The number of hydrogen-bond acceptors (Lipinski definition) is 10. The Hall–Kier alpha value is -4.41. The number of carbonyl (C=O) groups is 3. The Kier molecular flexibility index (Phi) is 11.4. The van der Waals surface area contributed by atoms with Crippen LogP contribution in [0.1, 0.15) is 66.9 Å². The molecule has 1 saturated heterocycles. The van der Waals surface area contributed by atoms with Crippen molar-refractivity contribution in [3.8, 4) is 11.1 Å². The average Bonchev–Trinajstić information content (AvgIpc) is 3.83. The standard InChI is InChI=1S/C39H45Cl2N7O7S/c1-37(2,3)54-22-30(34(50)55-38(4,5)6)45-33(49)31-9-8-14-46(31)56(52,53)32-21-44-36-47(29-16-27(40)15-28(41)17-29)35(51)39(7,48(32)36)18-24-10-12-25(13-11-24)26-19-42-23-43-20-26/h10-13,15-17,19-21,23,30-31H,8-9,14,18,22H2,1-7H3,(H,45,49)/t30-,31-,39+/m0/s1. The summed E-state index contributed by atoms with van der Waals surface area (Å²) in [6.07, 6.45) is 6.65. The maximum atomic E-state index is 14.8. The van der Waals surface area contributed by atoms with E-state index in [1.165, 1.54) is 28.1 Å². The second-order valence-corrected chi connectivity index (χ2v) is 18.8. The molecule has 2 aromatic carbocycles. The lowest BCUT2D eigenvalue weighted by Gasteiger charge is -2.30. The number of carbonyl (C=O) groups excluding carboxylic acids is 3. The number of hydrogen-bond donors (Lipinski definition) is 1. The lowest BCUT2D eigenvalue weighted by atomic mass is 9.91. The highest BCUT2D eigenvalue weighted by molar-refractivity contribution is 7.89. The van der Waals surface area contributed by atoms with Gasteiger partial charge in [-0.25, -0.2) is 33.1 Å². The molecule has 2 aromatic heterocycles. The van der Waals surface area contributed by atoms with Crippen LogP contribution in [0.15, 0.2) is 72.4 Å². The summed E-state index contributed by atoms with van der Waals surface area (Å²) in [5.41, 5.74) is -0.306. The first-order valence-electron chi connectivity index (χ1n) is 18.1. The zero-order valence-corrected chi connectivity index (χ0v) is 34.6. The number of benzene rings is 2. The highest BCUT2D eigenvalue weighted by Crippen LogP contribution is 2.45. The summed E-state index contributed by atoms with van der Waals surface area (Å²) in [4.78, 5) is 55.9. The summed E-state index contributed by atoms with van der Waals surface area (Å²) in [5.74, 6) is -1.82. The van der Waals surface area contributed by atoms with Crippen molar-refractivity contribution in [3.63, 3.8) is 0 Å². The van der Waals surface area contributed by atoms with Crippen LogP contribution in [0.2, 0.25) is 10.0 Å². The van der Waals surface area contributed by atoms with E-state index in [0.29, 0.717) is 12.1 Å². The van der Waals surface area contributed by atoms with Gasteiger partial charge in [-0.2, -0.15) is 4.31 Å². The summed E-state index contributed by atoms with van der Waals surface area (Å²) in [6, 6.07) is 9.71. The molecule has 2 amide bonds. The van der Waals surface area contributed by atoms with Crippen LogP contribution >= 0.6 is 23.2 Å². The zero-order valence-electron chi connectivity index (χ0n) is 32.2.